The van der Waals surface area contributed by atoms with Crippen molar-refractivity contribution in [3.63, 3.8) is 0 Å². The first-order valence-electron chi connectivity index (χ1n) is 11.9. The number of hydrogen-bond acceptors (Lipinski definition) is 11. The Morgan fingerprint density at radius 3 is 2.35 bits per heavy atom. The molecule has 0 bridgehead atoms. The van der Waals surface area contributed by atoms with Crippen molar-refractivity contribution in [1.82, 2.24) is 15.0 Å². The number of para-hydroxylation sites is 2. The fraction of sp³-hybridized carbons (Fsp3) is 0.346. The van der Waals surface area contributed by atoms with E-state index in [2.05, 4.69) is 10.6 Å². The lowest BCUT2D eigenvalue weighted by Gasteiger charge is -2.21. The van der Waals surface area contributed by atoms with Crippen LogP contribution in [0.3, 0.4) is 0 Å². The maximum atomic E-state index is 10.7. The molecule has 2 aromatic heterocycles. The molecule has 10 nitrogen and oxygen atoms in total. The third-order valence-electron chi connectivity index (χ3n) is 6.62. The molecular formula is C26H29N5O5S. The van der Waals surface area contributed by atoms with Crippen LogP contribution in [0.2, 0.25) is 0 Å². The Kier molecular flexibility index (Phi) is 7.11. The molecule has 2 aromatic carbocycles. The van der Waals surface area contributed by atoms with Crippen LogP contribution in [0.5, 0.6) is 11.5 Å². The summed E-state index contributed by atoms with van der Waals surface area (Å²) >= 11 is 1.52. The van der Waals surface area contributed by atoms with Gasteiger partial charge in [0.05, 0.1) is 47.8 Å². The van der Waals surface area contributed by atoms with E-state index in [0.717, 1.165) is 15.2 Å². The highest BCUT2D eigenvalue weighted by atomic mass is 32.1. The van der Waals surface area contributed by atoms with Crippen molar-refractivity contribution in [1.29, 1.82) is 0 Å². The van der Waals surface area contributed by atoms with Gasteiger partial charge < -0.3 is 35.4 Å². The average molecular weight is 524 g/mol. The van der Waals surface area contributed by atoms with Gasteiger partial charge in [0, 0.05) is 12.5 Å². The highest BCUT2D eigenvalue weighted by molar-refractivity contribution is 7.21. The Labute approximate surface area is 218 Å². The van der Waals surface area contributed by atoms with Gasteiger partial charge in [0.15, 0.2) is 0 Å². The summed E-state index contributed by atoms with van der Waals surface area (Å²) in [5.74, 6) is 1.44. The zero-order valence-corrected chi connectivity index (χ0v) is 21.5. The highest BCUT2D eigenvalue weighted by Crippen LogP contribution is 2.40. The summed E-state index contributed by atoms with van der Waals surface area (Å²) in [5, 5.41) is 37.9. The summed E-state index contributed by atoms with van der Waals surface area (Å²) in [4.78, 5) is 14.3. The fourth-order valence-corrected chi connectivity index (χ4v) is 5.74. The Bertz CT molecular complexity index is 1360. The van der Waals surface area contributed by atoms with Crippen molar-refractivity contribution < 1.29 is 24.8 Å². The first-order chi connectivity index (χ1) is 17.9. The lowest BCUT2D eigenvalue weighted by atomic mass is 10.1. The molecule has 11 heteroatoms. The Morgan fingerprint density at radius 2 is 1.70 bits per heavy atom. The van der Waals surface area contributed by atoms with E-state index in [4.69, 9.17) is 24.4 Å². The molecule has 4 unspecified atom stereocenters. The van der Waals surface area contributed by atoms with E-state index >= 15 is 0 Å². The van der Waals surface area contributed by atoms with Crippen molar-refractivity contribution >= 4 is 39.0 Å². The quantitative estimate of drug-likeness (QED) is 0.233. The molecule has 4 atom stereocenters. The summed E-state index contributed by atoms with van der Waals surface area (Å²) < 4.78 is 12.0. The number of hydrogen-bond donors (Lipinski definition) is 5. The number of nitrogens with zero attached hydrogens (tertiary/aromatic N) is 3. The Hall–Kier alpha value is -3.51. The number of methoxy groups -OCH3 is 2. The number of nitrogens with one attached hydrogen (secondary N) is 2. The van der Waals surface area contributed by atoms with E-state index < -0.39 is 24.2 Å². The molecule has 1 fully saturated rings. The third-order valence-corrected chi connectivity index (χ3v) is 7.67. The molecule has 1 aliphatic carbocycles. The first kappa shape index (κ1) is 25.2. The van der Waals surface area contributed by atoms with Crippen molar-refractivity contribution in [2.75, 3.05) is 31.5 Å². The number of thiazole rings is 1. The van der Waals surface area contributed by atoms with Gasteiger partial charge in [0.2, 0.25) is 5.95 Å². The molecule has 0 radical (unpaired) electrons. The molecule has 1 aliphatic rings. The SMILES string of the molecule is COc1cccc(OC)c1Nc1nc(C)c(-c2nc3ccccc3s2)c(NC2CC(CO)C(O)C2O)n1. The van der Waals surface area contributed by atoms with Crippen LogP contribution in [0.4, 0.5) is 17.5 Å². The highest BCUT2D eigenvalue weighted by Gasteiger charge is 2.41. The summed E-state index contributed by atoms with van der Waals surface area (Å²) in [6.45, 7) is 1.65. The van der Waals surface area contributed by atoms with E-state index in [1.165, 1.54) is 11.3 Å². The van der Waals surface area contributed by atoms with E-state index in [1.54, 1.807) is 26.4 Å². The minimum Gasteiger partial charge on any atom is -0.494 e. The molecule has 2 heterocycles. The monoisotopic (exact) mass is 523 g/mol. The molecule has 5 N–H and O–H groups in total. The number of benzene rings is 2. The normalized spacial score (nSPS) is 21.2. The number of aromatic nitrogens is 3. The lowest BCUT2D eigenvalue weighted by Crippen LogP contribution is -2.35. The van der Waals surface area contributed by atoms with E-state index in [1.807, 2.05) is 37.3 Å². The number of aryl methyl sites for hydroxylation is 1. The first-order valence-corrected chi connectivity index (χ1v) is 12.7. The molecule has 0 spiro atoms. The van der Waals surface area contributed by atoms with Crippen LogP contribution < -0.4 is 20.1 Å². The van der Waals surface area contributed by atoms with Crippen LogP contribution in [0.25, 0.3) is 20.8 Å². The minimum absolute atomic E-state index is 0.218. The Morgan fingerprint density at radius 1 is 0.973 bits per heavy atom. The molecular weight excluding hydrogens is 494 g/mol. The molecule has 37 heavy (non-hydrogen) atoms. The second kappa shape index (κ2) is 10.5. The van der Waals surface area contributed by atoms with Crippen LogP contribution in [0, 0.1) is 12.8 Å². The van der Waals surface area contributed by atoms with Gasteiger partial charge in [-0.25, -0.2) is 9.97 Å². The number of ether oxygens (including phenoxy) is 2. The van der Waals surface area contributed by atoms with Gasteiger partial charge >= 0.3 is 0 Å². The molecule has 4 aromatic rings. The van der Waals surface area contributed by atoms with Crippen LogP contribution in [0.15, 0.2) is 42.5 Å². The van der Waals surface area contributed by atoms with Gasteiger partial charge in [0.25, 0.3) is 0 Å². The number of aliphatic hydroxyl groups is 3. The number of aliphatic hydroxyl groups excluding tert-OH is 3. The molecule has 1 saturated carbocycles. The fourth-order valence-electron chi connectivity index (χ4n) is 4.68. The second-order valence-corrected chi connectivity index (χ2v) is 9.95. The van der Waals surface area contributed by atoms with Crippen molar-refractivity contribution in [2.24, 2.45) is 5.92 Å². The Balaban J connectivity index is 1.59. The topological polar surface area (TPSA) is 142 Å². The maximum absolute atomic E-state index is 10.7. The van der Waals surface area contributed by atoms with Gasteiger partial charge in [-0.15, -0.1) is 11.3 Å². The second-order valence-electron chi connectivity index (χ2n) is 8.92. The van der Waals surface area contributed by atoms with E-state index in [0.29, 0.717) is 46.6 Å². The standard InChI is InChI=1S/C26H29N5O5S/c1-13-20(25-29-15-7-4-5-10-19(15)37-25)24(28-16-11-14(12-32)22(33)23(16)34)31-26(27-13)30-21-17(35-2)8-6-9-18(21)36-3/h4-10,14,16,22-23,32-34H,11-12H2,1-3H3,(H2,27,28,30,31). The van der Waals surface area contributed by atoms with Crippen LogP contribution in [-0.4, -0.2) is 69.3 Å². The maximum Gasteiger partial charge on any atom is 0.229 e. The predicted octanol–water partition coefficient (Wildman–Crippen LogP) is 3.34. The lowest BCUT2D eigenvalue weighted by molar-refractivity contribution is 0.00446. The van der Waals surface area contributed by atoms with E-state index in [-0.39, 0.29) is 6.61 Å². The molecule has 0 saturated heterocycles. The number of fused-ring (bicyclic) bond motifs is 1. The summed E-state index contributed by atoms with van der Waals surface area (Å²) in [5.41, 5.74) is 2.81. The molecule has 5 rings (SSSR count). The van der Waals surface area contributed by atoms with E-state index in [9.17, 15) is 15.3 Å². The summed E-state index contributed by atoms with van der Waals surface area (Å²) in [6.07, 6.45) is -1.72. The van der Waals surface area contributed by atoms with Gasteiger partial charge in [-0.1, -0.05) is 18.2 Å². The zero-order chi connectivity index (χ0) is 26.1. The van der Waals surface area contributed by atoms with Crippen molar-refractivity contribution in [3.8, 4) is 22.1 Å². The third kappa shape index (κ3) is 4.78. The summed E-state index contributed by atoms with van der Waals surface area (Å²) in [6, 6.07) is 12.8. The number of rotatable bonds is 8. The minimum atomic E-state index is -1.07. The number of anilines is 3. The van der Waals surface area contributed by atoms with Gasteiger partial charge in [0.1, 0.15) is 34.1 Å². The molecule has 0 aliphatic heterocycles. The molecule has 0 amide bonds. The van der Waals surface area contributed by atoms with Crippen LogP contribution >= 0.6 is 11.3 Å². The van der Waals surface area contributed by atoms with Gasteiger partial charge in [-0.05, 0) is 37.6 Å². The average Bonchev–Trinajstić information content (AvgIpc) is 3.44. The zero-order valence-electron chi connectivity index (χ0n) is 20.7. The smallest absolute Gasteiger partial charge is 0.229 e. The van der Waals surface area contributed by atoms with Crippen LogP contribution in [0.1, 0.15) is 12.1 Å². The van der Waals surface area contributed by atoms with Gasteiger partial charge in [-0.3, -0.25) is 0 Å². The largest absolute Gasteiger partial charge is 0.494 e. The van der Waals surface area contributed by atoms with Crippen molar-refractivity contribution in [3.05, 3.63) is 48.2 Å². The van der Waals surface area contributed by atoms with Crippen molar-refractivity contribution in [2.45, 2.75) is 31.6 Å². The van der Waals surface area contributed by atoms with Crippen LogP contribution in [-0.2, 0) is 0 Å². The predicted molar refractivity (Wildman–Crippen MR) is 143 cm³/mol. The molecule has 194 valence electrons. The van der Waals surface area contributed by atoms with Gasteiger partial charge in [-0.2, -0.15) is 4.98 Å². The summed E-state index contributed by atoms with van der Waals surface area (Å²) in [7, 11) is 3.14.